The summed E-state index contributed by atoms with van der Waals surface area (Å²) in [6, 6.07) is 4.76. The molecule has 1 atom stereocenters. The summed E-state index contributed by atoms with van der Waals surface area (Å²) in [6.07, 6.45) is -0.877. The van der Waals surface area contributed by atoms with Crippen LogP contribution >= 0.6 is 0 Å². The van der Waals surface area contributed by atoms with Gasteiger partial charge in [-0.3, -0.25) is 9.36 Å². The molecule has 17 heavy (non-hydrogen) atoms. The number of oxazole rings is 1. The number of hydrogen-bond donors (Lipinski definition) is 1. The van der Waals surface area contributed by atoms with Crippen LogP contribution in [0, 0.1) is 0 Å². The standard InChI is InChI=1S/C12H13NO4/c1-3-9(14)11(15)7-4-5-10-8(6-7)13(2)12(16)17-10/h4-6,11,15H,3H2,1-2H3. The average Bonchev–Trinajstić information content (AvgIpc) is 2.63. The van der Waals surface area contributed by atoms with E-state index >= 15 is 0 Å². The van der Waals surface area contributed by atoms with Gasteiger partial charge >= 0.3 is 5.76 Å². The van der Waals surface area contributed by atoms with E-state index in [1.54, 1.807) is 32.2 Å². The molecule has 0 aliphatic rings. The van der Waals surface area contributed by atoms with Crippen molar-refractivity contribution in [3.05, 3.63) is 34.3 Å². The zero-order chi connectivity index (χ0) is 12.6. The van der Waals surface area contributed by atoms with Crippen molar-refractivity contribution in [2.45, 2.75) is 19.4 Å². The van der Waals surface area contributed by atoms with Crippen LogP contribution in [0.4, 0.5) is 0 Å². The highest BCUT2D eigenvalue weighted by Crippen LogP contribution is 2.20. The van der Waals surface area contributed by atoms with Gasteiger partial charge in [0.1, 0.15) is 6.10 Å². The van der Waals surface area contributed by atoms with Crippen LogP contribution in [0.25, 0.3) is 11.1 Å². The SMILES string of the molecule is CCC(=O)C(O)c1ccc2oc(=O)n(C)c2c1. The van der Waals surface area contributed by atoms with Gasteiger partial charge < -0.3 is 9.52 Å². The lowest BCUT2D eigenvalue weighted by Gasteiger charge is -2.08. The molecule has 1 unspecified atom stereocenters. The van der Waals surface area contributed by atoms with Crippen LogP contribution < -0.4 is 5.76 Å². The Labute approximate surface area is 97.3 Å². The number of carbonyl (C=O) groups is 1. The van der Waals surface area contributed by atoms with Gasteiger partial charge in [-0.2, -0.15) is 0 Å². The second kappa shape index (κ2) is 4.18. The van der Waals surface area contributed by atoms with Gasteiger partial charge in [0.25, 0.3) is 0 Å². The first kappa shape index (κ1) is 11.6. The molecule has 0 amide bonds. The summed E-state index contributed by atoms with van der Waals surface area (Å²) < 4.78 is 6.30. The first-order valence-corrected chi connectivity index (χ1v) is 5.35. The number of Topliss-reactive ketones (excluding diaryl/α,β-unsaturated/α-hetero) is 1. The molecule has 5 nitrogen and oxygen atoms in total. The number of nitrogens with zero attached hydrogens (tertiary/aromatic N) is 1. The highest BCUT2D eigenvalue weighted by Gasteiger charge is 2.17. The second-order valence-electron chi connectivity index (χ2n) is 3.88. The number of benzene rings is 1. The zero-order valence-corrected chi connectivity index (χ0v) is 9.64. The molecular formula is C12H13NO4. The number of carbonyl (C=O) groups excluding carboxylic acids is 1. The number of ketones is 1. The van der Waals surface area contributed by atoms with Gasteiger partial charge in [-0.15, -0.1) is 0 Å². The number of aliphatic hydroxyl groups excluding tert-OH is 1. The van der Waals surface area contributed by atoms with E-state index < -0.39 is 11.9 Å². The molecule has 90 valence electrons. The van der Waals surface area contributed by atoms with E-state index in [4.69, 9.17) is 4.42 Å². The van der Waals surface area contributed by atoms with Crippen molar-refractivity contribution >= 4 is 16.9 Å². The maximum atomic E-state index is 11.4. The normalized spacial score (nSPS) is 12.9. The average molecular weight is 235 g/mol. The quantitative estimate of drug-likeness (QED) is 0.866. The predicted octanol–water partition coefficient (Wildman–Crippen LogP) is 1.14. The Morgan fingerprint density at radius 2 is 2.24 bits per heavy atom. The molecule has 1 N–H and O–H groups in total. The van der Waals surface area contributed by atoms with Crippen molar-refractivity contribution in [2.24, 2.45) is 7.05 Å². The van der Waals surface area contributed by atoms with Crippen LogP contribution in [0.1, 0.15) is 25.0 Å². The molecule has 5 heteroatoms. The van der Waals surface area contributed by atoms with Crippen LogP contribution in [-0.4, -0.2) is 15.5 Å². The Kier molecular flexibility index (Phi) is 2.85. The van der Waals surface area contributed by atoms with E-state index in [0.717, 1.165) is 0 Å². The topological polar surface area (TPSA) is 72.4 Å². The Morgan fingerprint density at radius 1 is 1.53 bits per heavy atom. The second-order valence-corrected chi connectivity index (χ2v) is 3.88. The summed E-state index contributed by atoms with van der Waals surface area (Å²) in [5, 5.41) is 9.78. The highest BCUT2D eigenvalue weighted by molar-refractivity contribution is 5.85. The Balaban J connectivity index is 2.54. The molecule has 2 aromatic rings. The maximum Gasteiger partial charge on any atom is 0.419 e. The molecule has 0 fully saturated rings. The smallest absolute Gasteiger partial charge is 0.408 e. The van der Waals surface area contributed by atoms with E-state index in [1.165, 1.54) is 4.57 Å². The largest absolute Gasteiger partial charge is 0.419 e. The lowest BCUT2D eigenvalue weighted by Crippen LogP contribution is -2.11. The molecule has 0 spiro atoms. The molecule has 1 aromatic carbocycles. The third-order valence-electron chi connectivity index (χ3n) is 2.78. The van der Waals surface area contributed by atoms with Crippen LogP contribution in [0.5, 0.6) is 0 Å². The fourth-order valence-electron chi connectivity index (χ4n) is 1.69. The van der Waals surface area contributed by atoms with Crippen LogP contribution in [0.2, 0.25) is 0 Å². The lowest BCUT2D eigenvalue weighted by molar-refractivity contribution is -0.127. The highest BCUT2D eigenvalue weighted by atomic mass is 16.4. The lowest BCUT2D eigenvalue weighted by atomic mass is 10.0. The Hall–Kier alpha value is -1.88. The van der Waals surface area contributed by atoms with Gasteiger partial charge in [-0.05, 0) is 17.7 Å². The minimum atomic E-state index is -1.14. The summed E-state index contributed by atoms with van der Waals surface area (Å²) in [4.78, 5) is 22.7. The van der Waals surface area contributed by atoms with Crippen LogP contribution in [-0.2, 0) is 11.8 Å². The van der Waals surface area contributed by atoms with Crippen molar-refractivity contribution in [2.75, 3.05) is 0 Å². The van der Waals surface area contributed by atoms with Gasteiger partial charge in [0.15, 0.2) is 11.4 Å². The summed E-state index contributed by atoms with van der Waals surface area (Å²) >= 11 is 0. The predicted molar refractivity (Wildman–Crippen MR) is 61.7 cm³/mol. The number of aryl methyl sites for hydroxylation is 1. The van der Waals surface area contributed by atoms with E-state index in [-0.39, 0.29) is 12.2 Å². The molecule has 0 aliphatic carbocycles. The number of hydrogen-bond acceptors (Lipinski definition) is 4. The first-order chi connectivity index (χ1) is 8.04. The van der Waals surface area contributed by atoms with Crippen molar-refractivity contribution in [3.8, 4) is 0 Å². The van der Waals surface area contributed by atoms with Crippen molar-refractivity contribution < 1.29 is 14.3 Å². The summed E-state index contributed by atoms with van der Waals surface area (Å²) in [5.41, 5.74) is 1.48. The fourth-order valence-corrected chi connectivity index (χ4v) is 1.69. The Morgan fingerprint density at radius 3 is 2.88 bits per heavy atom. The zero-order valence-electron chi connectivity index (χ0n) is 9.64. The number of aromatic nitrogens is 1. The summed E-state index contributed by atoms with van der Waals surface area (Å²) in [6.45, 7) is 1.69. The van der Waals surface area contributed by atoms with Crippen LogP contribution in [0.3, 0.4) is 0 Å². The molecule has 0 saturated carbocycles. The van der Waals surface area contributed by atoms with Crippen LogP contribution in [0.15, 0.2) is 27.4 Å². The molecule has 0 bridgehead atoms. The number of rotatable bonds is 3. The minimum Gasteiger partial charge on any atom is -0.408 e. The third-order valence-corrected chi connectivity index (χ3v) is 2.78. The fraction of sp³-hybridized carbons (Fsp3) is 0.333. The van der Waals surface area contributed by atoms with Gasteiger partial charge in [0.05, 0.1) is 5.52 Å². The third kappa shape index (κ3) is 1.89. The van der Waals surface area contributed by atoms with Crippen molar-refractivity contribution in [1.82, 2.24) is 4.57 Å². The van der Waals surface area contributed by atoms with Gasteiger partial charge in [0, 0.05) is 13.5 Å². The summed E-state index contributed by atoms with van der Waals surface area (Å²) in [7, 11) is 1.58. The van der Waals surface area contributed by atoms with Crippen molar-refractivity contribution in [1.29, 1.82) is 0 Å². The van der Waals surface area contributed by atoms with E-state index in [9.17, 15) is 14.7 Å². The molecule has 0 aliphatic heterocycles. The minimum absolute atomic E-state index is 0.252. The molecule has 2 rings (SSSR count). The monoisotopic (exact) mass is 235 g/mol. The maximum absolute atomic E-state index is 11.4. The van der Waals surface area contributed by atoms with E-state index in [0.29, 0.717) is 16.7 Å². The Bertz CT molecular complexity index is 623. The van der Waals surface area contributed by atoms with Gasteiger partial charge in [0.2, 0.25) is 0 Å². The molecule has 0 radical (unpaired) electrons. The summed E-state index contributed by atoms with van der Waals surface area (Å²) in [5.74, 6) is -0.716. The molecule has 0 saturated heterocycles. The number of fused-ring (bicyclic) bond motifs is 1. The van der Waals surface area contributed by atoms with Gasteiger partial charge in [-0.1, -0.05) is 13.0 Å². The van der Waals surface area contributed by atoms with E-state index in [2.05, 4.69) is 0 Å². The van der Waals surface area contributed by atoms with Crippen molar-refractivity contribution in [3.63, 3.8) is 0 Å². The number of aliphatic hydroxyl groups is 1. The molecular weight excluding hydrogens is 222 g/mol. The van der Waals surface area contributed by atoms with Gasteiger partial charge in [-0.25, -0.2) is 4.79 Å². The molecule has 1 aromatic heterocycles. The molecule has 1 heterocycles. The first-order valence-electron chi connectivity index (χ1n) is 5.35. The van der Waals surface area contributed by atoms with E-state index in [1.807, 2.05) is 0 Å².